The lowest BCUT2D eigenvalue weighted by Crippen LogP contribution is -2.46. The minimum absolute atomic E-state index is 0.0600. The van der Waals surface area contributed by atoms with Crippen LogP contribution in [0.5, 0.6) is 0 Å². The molecule has 0 saturated carbocycles. The number of nitrogens with zero attached hydrogens (tertiary/aromatic N) is 1. The summed E-state index contributed by atoms with van der Waals surface area (Å²) in [6, 6.07) is 17.1. The second-order valence-electron chi connectivity index (χ2n) is 6.89. The Balaban J connectivity index is 1.48. The third-order valence-electron chi connectivity index (χ3n) is 4.95. The summed E-state index contributed by atoms with van der Waals surface area (Å²) in [5.41, 5.74) is 2.61. The number of amides is 2. The molecule has 0 bridgehead atoms. The molecule has 148 valence electrons. The number of hydrogen-bond donors (Lipinski definition) is 1. The van der Waals surface area contributed by atoms with Crippen molar-refractivity contribution >= 4 is 11.8 Å². The van der Waals surface area contributed by atoms with Crippen LogP contribution < -0.4 is 5.32 Å². The molecule has 0 spiro atoms. The van der Waals surface area contributed by atoms with Gasteiger partial charge in [-0.05, 0) is 42.0 Å². The van der Waals surface area contributed by atoms with Gasteiger partial charge in [0, 0.05) is 25.2 Å². The smallest absolute Gasteiger partial charge is 0.352 e. The van der Waals surface area contributed by atoms with Crippen LogP contribution in [-0.4, -0.2) is 42.5 Å². The predicted octanol–water partition coefficient (Wildman–Crippen LogP) is 3.88. The van der Waals surface area contributed by atoms with Crippen LogP contribution in [-0.2, 0) is 4.79 Å². The number of benzene rings is 2. The van der Waals surface area contributed by atoms with E-state index in [4.69, 9.17) is 0 Å². The molecular formula is C21H21F3N2O2. The minimum Gasteiger partial charge on any atom is -0.352 e. The third kappa shape index (κ3) is 4.91. The zero-order chi connectivity index (χ0) is 20.1. The zero-order valence-corrected chi connectivity index (χ0v) is 15.2. The fourth-order valence-corrected chi connectivity index (χ4v) is 3.30. The van der Waals surface area contributed by atoms with Crippen LogP contribution >= 0.6 is 0 Å². The molecule has 0 atom stereocenters. The van der Waals surface area contributed by atoms with Crippen LogP contribution in [0.1, 0.15) is 23.2 Å². The Bertz CT molecular complexity index is 812. The molecule has 2 aromatic rings. The highest BCUT2D eigenvalue weighted by Crippen LogP contribution is 2.24. The van der Waals surface area contributed by atoms with Gasteiger partial charge in [-0.25, -0.2) is 0 Å². The van der Waals surface area contributed by atoms with E-state index >= 15 is 0 Å². The highest BCUT2D eigenvalue weighted by molar-refractivity contribution is 5.94. The molecule has 2 amide bonds. The van der Waals surface area contributed by atoms with Crippen molar-refractivity contribution in [2.45, 2.75) is 19.0 Å². The summed E-state index contributed by atoms with van der Waals surface area (Å²) in [4.78, 5) is 24.4. The maximum Gasteiger partial charge on any atom is 0.471 e. The molecule has 0 aromatic heterocycles. The largest absolute Gasteiger partial charge is 0.471 e. The first-order valence-corrected chi connectivity index (χ1v) is 9.14. The maximum atomic E-state index is 12.5. The second-order valence-corrected chi connectivity index (χ2v) is 6.89. The highest BCUT2D eigenvalue weighted by Gasteiger charge is 2.43. The summed E-state index contributed by atoms with van der Waals surface area (Å²) < 4.78 is 37.4. The van der Waals surface area contributed by atoms with Crippen molar-refractivity contribution in [3.63, 3.8) is 0 Å². The van der Waals surface area contributed by atoms with Crippen molar-refractivity contribution in [1.29, 1.82) is 0 Å². The van der Waals surface area contributed by atoms with Crippen LogP contribution in [0.25, 0.3) is 11.1 Å². The van der Waals surface area contributed by atoms with Gasteiger partial charge < -0.3 is 10.2 Å². The van der Waals surface area contributed by atoms with E-state index in [2.05, 4.69) is 5.32 Å². The number of carbonyl (C=O) groups excluding carboxylic acids is 2. The van der Waals surface area contributed by atoms with Crippen LogP contribution in [0.15, 0.2) is 54.6 Å². The monoisotopic (exact) mass is 390 g/mol. The lowest BCUT2D eigenvalue weighted by Gasteiger charge is -2.32. The van der Waals surface area contributed by atoms with Crippen LogP contribution in [0.4, 0.5) is 13.2 Å². The molecule has 1 heterocycles. The SMILES string of the molecule is O=C(NCC1CCN(C(=O)C(F)(F)F)CC1)c1ccc(-c2ccccc2)cc1. The van der Waals surface area contributed by atoms with Gasteiger partial charge in [0.2, 0.25) is 0 Å². The number of rotatable bonds is 4. The summed E-state index contributed by atoms with van der Waals surface area (Å²) in [6.45, 7) is 0.503. The molecule has 1 N–H and O–H groups in total. The topological polar surface area (TPSA) is 49.4 Å². The summed E-state index contributed by atoms with van der Waals surface area (Å²) in [7, 11) is 0. The van der Waals surface area contributed by atoms with Crippen molar-refractivity contribution in [1.82, 2.24) is 10.2 Å². The molecule has 2 aromatic carbocycles. The van der Waals surface area contributed by atoms with Gasteiger partial charge in [0.25, 0.3) is 5.91 Å². The average Bonchev–Trinajstić information content (AvgIpc) is 2.72. The van der Waals surface area contributed by atoms with E-state index in [9.17, 15) is 22.8 Å². The van der Waals surface area contributed by atoms with Crippen LogP contribution in [0, 0.1) is 5.92 Å². The number of halogens is 3. The van der Waals surface area contributed by atoms with Crippen molar-refractivity contribution in [3.8, 4) is 11.1 Å². The van der Waals surface area contributed by atoms with E-state index in [1.165, 1.54) is 0 Å². The van der Waals surface area contributed by atoms with Gasteiger partial charge >= 0.3 is 12.1 Å². The van der Waals surface area contributed by atoms with Gasteiger partial charge in [0.1, 0.15) is 0 Å². The van der Waals surface area contributed by atoms with Gasteiger partial charge in [-0.3, -0.25) is 9.59 Å². The Morgan fingerprint density at radius 3 is 2.07 bits per heavy atom. The predicted molar refractivity (Wildman–Crippen MR) is 99.6 cm³/mol. The van der Waals surface area contributed by atoms with Gasteiger partial charge in [-0.1, -0.05) is 42.5 Å². The Morgan fingerprint density at radius 2 is 1.50 bits per heavy atom. The van der Waals surface area contributed by atoms with Crippen LogP contribution in [0.3, 0.4) is 0 Å². The van der Waals surface area contributed by atoms with Crippen molar-refractivity contribution in [2.75, 3.05) is 19.6 Å². The molecule has 0 aliphatic carbocycles. The molecule has 1 saturated heterocycles. The highest BCUT2D eigenvalue weighted by atomic mass is 19.4. The molecule has 3 rings (SSSR count). The summed E-state index contributed by atoms with van der Waals surface area (Å²) >= 11 is 0. The van der Waals surface area contributed by atoms with Crippen LogP contribution in [0.2, 0.25) is 0 Å². The number of piperidine rings is 1. The molecule has 7 heteroatoms. The normalized spacial score (nSPS) is 15.3. The molecule has 0 unspecified atom stereocenters. The number of alkyl halides is 3. The second kappa shape index (κ2) is 8.46. The van der Waals surface area contributed by atoms with Crippen molar-refractivity contribution in [3.05, 3.63) is 60.2 Å². The molecule has 28 heavy (non-hydrogen) atoms. The van der Waals surface area contributed by atoms with E-state index in [1.54, 1.807) is 12.1 Å². The zero-order valence-electron chi connectivity index (χ0n) is 15.2. The van der Waals surface area contributed by atoms with E-state index in [0.717, 1.165) is 16.0 Å². The van der Waals surface area contributed by atoms with E-state index in [0.29, 0.717) is 24.9 Å². The minimum atomic E-state index is -4.83. The summed E-state index contributed by atoms with van der Waals surface area (Å²) in [6.07, 6.45) is -3.95. The van der Waals surface area contributed by atoms with E-state index in [1.807, 2.05) is 42.5 Å². The fourth-order valence-electron chi connectivity index (χ4n) is 3.30. The van der Waals surface area contributed by atoms with Gasteiger partial charge in [0.15, 0.2) is 0 Å². The third-order valence-corrected chi connectivity index (χ3v) is 4.95. The summed E-state index contributed by atoms with van der Waals surface area (Å²) in [5, 5.41) is 2.84. The van der Waals surface area contributed by atoms with Gasteiger partial charge in [-0.15, -0.1) is 0 Å². The molecule has 0 radical (unpaired) electrons. The van der Waals surface area contributed by atoms with Crippen molar-refractivity contribution < 1.29 is 22.8 Å². The van der Waals surface area contributed by atoms with E-state index in [-0.39, 0.29) is 24.9 Å². The van der Waals surface area contributed by atoms with Crippen molar-refractivity contribution in [2.24, 2.45) is 5.92 Å². The standard InChI is InChI=1S/C21H21F3N2O2/c22-21(23,24)20(28)26-12-10-15(11-13-26)14-25-19(27)18-8-6-17(7-9-18)16-4-2-1-3-5-16/h1-9,15H,10-14H2,(H,25,27). The lowest BCUT2D eigenvalue weighted by atomic mass is 9.96. The molecule has 1 fully saturated rings. The Kier molecular flexibility index (Phi) is 6.02. The first-order valence-electron chi connectivity index (χ1n) is 9.14. The number of hydrogen-bond acceptors (Lipinski definition) is 2. The first-order chi connectivity index (χ1) is 13.3. The molecule has 4 nitrogen and oxygen atoms in total. The quantitative estimate of drug-likeness (QED) is 0.861. The summed E-state index contributed by atoms with van der Waals surface area (Å²) in [5.74, 6) is -1.94. The average molecular weight is 390 g/mol. The number of nitrogens with one attached hydrogen (secondary N) is 1. The lowest BCUT2D eigenvalue weighted by molar-refractivity contribution is -0.186. The molecule has 1 aliphatic heterocycles. The molecule has 1 aliphatic rings. The number of likely N-dealkylation sites (tertiary alicyclic amines) is 1. The first kappa shape index (κ1) is 19.9. The Morgan fingerprint density at radius 1 is 0.929 bits per heavy atom. The fraction of sp³-hybridized carbons (Fsp3) is 0.333. The maximum absolute atomic E-state index is 12.5. The van der Waals surface area contributed by atoms with Gasteiger partial charge in [0.05, 0.1) is 0 Å². The van der Waals surface area contributed by atoms with E-state index < -0.39 is 12.1 Å². The Hall–Kier alpha value is -2.83. The number of carbonyl (C=O) groups is 2. The molecular weight excluding hydrogens is 369 g/mol. The Labute approximate surface area is 161 Å². The van der Waals surface area contributed by atoms with Gasteiger partial charge in [-0.2, -0.15) is 13.2 Å².